The Labute approximate surface area is 137 Å². The first-order valence-electron chi connectivity index (χ1n) is 7.36. The monoisotopic (exact) mass is 304 g/mol. The van der Waals surface area contributed by atoms with E-state index in [0.717, 1.165) is 33.8 Å². The molecule has 0 saturated carbocycles. The topological polar surface area (TPSA) is 18.5 Å². The van der Waals surface area contributed by atoms with Gasteiger partial charge in [-0.05, 0) is 37.1 Å². The third-order valence-electron chi connectivity index (χ3n) is 3.63. The van der Waals surface area contributed by atoms with E-state index in [1.807, 2.05) is 24.3 Å². The van der Waals surface area contributed by atoms with Gasteiger partial charge in [-0.2, -0.15) is 0 Å². The van der Waals surface area contributed by atoms with Crippen molar-refractivity contribution in [2.45, 2.75) is 20.3 Å². The predicted octanol–water partition coefficient (Wildman–Crippen LogP) is 5.25. The SMILES string of the molecule is C=C=COc1cccc(C)c1Cc1c(C)cccc1OC=C=C. The lowest BCUT2D eigenvalue weighted by molar-refractivity contribution is 0.470. The van der Waals surface area contributed by atoms with Crippen LogP contribution in [0.15, 0.2) is 73.5 Å². The summed E-state index contributed by atoms with van der Waals surface area (Å²) >= 11 is 0. The molecular weight excluding hydrogens is 284 g/mol. The highest BCUT2D eigenvalue weighted by Gasteiger charge is 2.13. The first kappa shape index (κ1) is 16.5. The van der Waals surface area contributed by atoms with Gasteiger partial charge in [-0.1, -0.05) is 48.9 Å². The molecule has 2 heteroatoms. The van der Waals surface area contributed by atoms with Crippen LogP contribution in [0.2, 0.25) is 0 Å². The highest BCUT2D eigenvalue weighted by molar-refractivity contribution is 5.49. The second-order valence-corrected chi connectivity index (χ2v) is 5.16. The van der Waals surface area contributed by atoms with E-state index in [2.05, 4.69) is 50.6 Å². The molecule has 0 amide bonds. The van der Waals surface area contributed by atoms with E-state index in [1.165, 1.54) is 12.5 Å². The molecule has 116 valence electrons. The normalized spacial score (nSPS) is 9.48. The highest BCUT2D eigenvalue weighted by Crippen LogP contribution is 2.31. The van der Waals surface area contributed by atoms with Crippen molar-refractivity contribution in [2.75, 3.05) is 0 Å². The maximum Gasteiger partial charge on any atom is 0.133 e. The summed E-state index contributed by atoms with van der Waals surface area (Å²) in [5, 5.41) is 0. The van der Waals surface area contributed by atoms with E-state index >= 15 is 0 Å². The Morgan fingerprint density at radius 1 is 0.826 bits per heavy atom. The minimum atomic E-state index is 0.708. The van der Waals surface area contributed by atoms with Crippen molar-refractivity contribution in [1.29, 1.82) is 0 Å². The lowest BCUT2D eigenvalue weighted by atomic mass is 9.96. The van der Waals surface area contributed by atoms with Crippen LogP contribution < -0.4 is 9.47 Å². The lowest BCUT2D eigenvalue weighted by Gasteiger charge is -2.15. The maximum atomic E-state index is 5.63. The van der Waals surface area contributed by atoms with Crippen LogP contribution in [0.1, 0.15) is 22.3 Å². The molecule has 0 unspecified atom stereocenters. The quantitative estimate of drug-likeness (QED) is 0.536. The summed E-state index contributed by atoms with van der Waals surface area (Å²) in [5.41, 5.74) is 9.82. The second-order valence-electron chi connectivity index (χ2n) is 5.16. The number of aryl methyl sites for hydroxylation is 2. The molecule has 0 N–H and O–H groups in total. The molecule has 0 aliphatic carbocycles. The Morgan fingerprint density at radius 3 is 1.65 bits per heavy atom. The summed E-state index contributed by atoms with van der Waals surface area (Å²) in [6.45, 7) is 11.2. The Hall–Kier alpha value is -2.92. The van der Waals surface area contributed by atoms with Crippen LogP contribution in [0.5, 0.6) is 11.5 Å². The summed E-state index contributed by atoms with van der Waals surface area (Å²) in [4.78, 5) is 0. The van der Waals surface area contributed by atoms with Gasteiger partial charge in [0.2, 0.25) is 0 Å². The Morgan fingerprint density at radius 2 is 1.26 bits per heavy atom. The molecule has 0 atom stereocenters. The molecule has 0 aliphatic rings. The van der Waals surface area contributed by atoms with Crippen LogP contribution in [0.4, 0.5) is 0 Å². The van der Waals surface area contributed by atoms with Crippen LogP contribution in [-0.2, 0) is 6.42 Å². The largest absolute Gasteiger partial charge is 0.456 e. The van der Waals surface area contributed by atoms with Crippen LogP contribution >= 0.6 is 0 Å². The van der Waals surface area contributed by atoms with Crippen molar-refractivity contribution >= 4 is 0 Å². The number of rotatable bonds is 6. The van der Waals surface area contributed by atoms with Crippen molar-refractivity contribution < 1.29 is 9.47 Å². The molecule has 2 aromatic rings. The molecular formula is C21H20O2. The molecule has 0 radical (unpaired) electrons. The van der Waals surface area contributed by atoms with Crippen LogP contribution in [0, 0.1) is 13.8 Å². The molecule has 0 heterocycles. The van der Waals surface area contributed by atoms with Crippen molar-refractivity contribution in [2.24, 2.45) is 0 Å². The average Bonchev–Trinajstić information content (AvgIpc) is 2.55. The van der Waals surface area contributed by atoms with Gasteiger partial charge in [0.15, 0.2) is 0 Å². The summed E-state index contributed by atoms with van der Waals surface area (Å²) in [5.74, 6) is 1.60. The fraction of sp³-hybridized carbons (Fsp3) is 0.143. The zero-order valence-corrected chi connectivity index (χ0v) is 13.6. The van der Waals surface area contributed by atoms with Gasteiger partial charge >= 0.3 is 0 Å². The van der Waals surface area contributed by atoms with E-state index in [9.17, 15) is 0 Å². The Balaban J connectivity index is 2.47. The fourth-order valence-corrected chi connectivity index (χ4v) is 2.41. The van der Waals surface area contributed by atoms with Crippen LogP contribution in [0.3, 0.4) is 0 Å². The zero-order chi connectivity index (χ0) is 16.7. The molecule has 2 nitrogen and oxygen atoms in total. The van der Waals surface area contributed by atoms with Crippen molar-refractivity contribution in [1.82, 2.24) is 0 Å². The average molecular weight is 304 g/mol. The van der Waals surface area contributed by atoms with Crippen LogP contribution in [0.25, 0.3) is 0 Å². The predicted molar refractivity (Wildman–Crippen MR) is 93.8 cm³/mol. The summed E-state index contributed by atoms with van der Waals surface area (Å²) in [6.07, 6.45) is 3.64. The third kappa shape index (κ3) is 4.05. The fourth-order valence-electron chi connectivity index (χ4n) is 2.41. The van der Waals surface area contributed by atoms with E-state index in [1.54, 1.807) is 0 Å². The number of hydrogen-bond acceptors (Lipinski definition) is 2. The van der Waals surface area contributed by atoms with Crippen molar-refractivity contribution in [3.8, 4) is 11.5 Å². The number of hydrogen-bond donors (Lipinski definition) is 0. The maximum absolute atomic E-state index is 5.63. The van der Waals surface area contributed by atoms with Gasteiger partial charge < -0.3 is 9.47 Å². The van der Waals surface area contributed by atoms with Gasteiger partial charge in [0, 0.05) is 17.5 Å². The van der Waals surface area contributed by atoms with E-state index < -0.39 is 0 Å². The van der Waals surface area contributed by atoms with Gasteiger partial charge in [-0.3, -0.25) is 0 Å². The van der Waals surface area contributed by atoms with Crippen molar-refractivity contribution in [3.05, 3.63) is 95.8 Å². The number of ether oxygens (including phenoxy) is 2. The Bertz CT molecular complexity index is 722. The molecule has 0 bridgehead atoms. The molecule has 23 heavy (non-hydrogen) atoms. The summed E-state index contributed by atoms with van der Waals surface area (Å²) in [7, 11) is 0. The van der Waals surface area contributed by atoms with Crippen LogP contribution in [-0.4, -0.2) is 0 Å². The van der Waals surface area contributed by atoms with Gasteiger partial charge in [-0.15, -0.1) is 0 Å². The Kier molecular flexibility index (Phi) is 5.66. The highest BCUT2D eigenvalue weighted by atomic mass is 16.5. The van der Waals surface area contributed by atoms with E-state index in [0.29, 0.717) is 6.42 Å². The molecule has 0 aliphatic heterocycles. The molecule has 0 aromatic heterocycles. The second kappa shape index (κ2) is 7.91. The molecule has 0 fully saturated rings. The minimum Gasteiger partial charge on any atom is -0.456 e. The number of benzene rings is 2. The molecule has 2 aromatic carbocycles. The standard InChI is InChI=1S/C21H20O2/c1-5-13-22-20-11-7-9-16(3)18(20)15-19-17(4)10-8-12-21(19)23-14-6-2/h7-14H,1-2,15H2,3-4H3. The van der Waals surface area contributed by atoms with E-state index in [4.69, 9.17) is 9.47 Å². The molecule has 0 spiro atoms. The first-order valence-corrected chi connectivity index (χ1v) is 7.36. The smallest absolute Gasteiger partial charge is 0.133 e. The first-order chi connectivity index (χ1) is 11.2. The summed E-state index contributed by atoms with van der Waals surface area (Å²) in [6, 6.07) is 12.0. The third-order valence-corrected chi connectivity index (χ3v) is 3.63. The van der Waals surface area contributed by atoms with Gasteiger partial charge in [0.1, 0.15) is 24.0 Å². The van der Waals surface area contributed by atoms with Gasteiger partial charge in [0.05, 0.1) is 0 Å². The van der Waals surface area contributed by atoms with E-state index in [-0.39, 0.29) is 0 Å². The van der Waals surface area contributed by atoms with Crippen molar-refractivity contribution in [3.63, 3.8) is 0 Å². The van der Waals surface area contributed by atoms with Gasteiger partial charge in [0.25, 0.3) is 0 Å². The minimum absolute atomic E-state index is 0.708. The summed E-state index contributed by atoms with van der Waals surface area (Å²) < 4.78 is 11.3. The van der Waals surface area contributed by atoms with Gasteiger partial charge in [-0.25, -0.2) is 0 Å². The zero-order valence-electron chi connectivity index (χ0n) is 13.6. The molecule has 0 saturated heterocycles. The molecule has 2 rings (SSSR count). The lowest BCUT2D eigenvalue weighted by Crippen LogP contribution is -2.00.